The predicted molar refractivity (Wildman–Crippen MR) is 90.8 cm³/mol. The number of hydrogen-bond donors (Lipinski definition) is 1. The van der Waals surface area contributed by atoms with E-state index in [1.54, 1.807) is 7.11 Å². The molecule has 0 radical (unpaired) electrons. The zero-order valence-electron chi connectivity index (χ0n) is 13.3. The van der Waals surface area contributed by atoms with Crippen LogP contribution in [0.2, 0.25) is 0 Å². The molecule has 1 atom stereocenters. The summed E-state index contributed by atoms with van der Waals surface area (Å²) in [7, 11) is 1.75. The molecule has 3 heteroatoms. The number of thioether (sulfide) groups is 1. The third kappa shape index (κ3) is 6.19. The van der Waals surface area contributed by atoms with Crippen LogP contribution in [-0.4, -0.2) is 25.2 Å². The van der Waals surface area contributed by atoms with Crippen LogP contribution in [0.1, 0.15) is 45.2 Å². The normalized spacial score (nSPS) is 12.7. The van der Waals surface area contributed by atoms with Gasteiger partial charge in [0.25, 0.3) is 0 Å². The van der Waals surface area contributed by atoms with Crippen molar-refractivity contribution in [2.24, 2.45) is 5.92 Å². The number of nitrogens with one attached hydrogen (secondary N) is 1. The molecular formula is C17H29NOS. The zero-order valence-corrected chi connectivity index (χ0v) is 14.1. The Hall–Kier alpha value is -0.670. The molecule has 0 amide bonds. The van der Waals surface area contributed by atoms with E-state index in [1.165, 1.54) is 17.7 Å². The summed E-state index contributed by atoms with van der Waals surface area (Å²) < 4.78 is 5.50. The summed E-state index contributed by atoms with van der Waals surface area (Å²) in [4.78, 5) is 0. The topological polar surface area (TPSA) is 21.3 Å². The van der Waals surface area contributed by atoms with Crippen molar-refractivity contribution in [3.63, 3.8) is 0 Å². The molecular weight excluding hydrogens is 266 g/mol. The van der Waals surface area contributed by atoms with Crippen LogP contribution in [0, 0.1) is 5.92 Å². The molecule has 0 heterocycles. The molecule has 2 nitrogen and oxygen atoms in total. The minimum absolute atomic E-state index is 0.378. The second-order valence-corrected chi connectivity index (χ2v) is 6.66. The summed E-state index contributed by atoms with van der Waals surface area (Å²) in [5, 5.41) is 3.65. The van der Waals surface area contributed by atoms with Gasteiger partial charge in [-0.2, -0.15) is 11.8 Å². The molecule has 0 fully saturated rings. The first kappa shape index (κ1) is 17.4. The highest BCUT2D eigenvalue weighted by molar-refractivity contribution is 7.99. The van der Waals surface area contributed by atoms with Gasteiger partial charge in [0.05, 0.1) is 7.11 Å². The van der Waals surface area contributed by atoms with Crippen LogP contribution < -0.4 is 10.1 Å². The Morgan fingerprint density at radius 2 is 2.00 bits per heavy atom. The van der Waals surface area contributed by atoms with Crippen LogP contribution in [0.25, 0.3) is 0 Å². The van der Waals surface area contributed by atoms with Crippen molar-refractivity contribution in [3.8, 4) is 5.75 Å². The smallest absolute Gasteiger partial charge is 0.123 e. The van der Waals surface area contributed by atoms with Gasteiger partial charge in [0.15, 0.2) is 0 Å². The lowest BCUT2D eigenvalue weighted by atomic mass is 10.1. The molecule has 1 N–H and O–H groups in total. The van der Waals surface area contributed by atoms with Crippen molar-refractivity contribution < 1.29 is 4.74 Å². The van der Waals surface area contributed by atoms with E-state index in [1.807, 2.05) is 17.8 Å². The predicted octanol–water partition coefficient (Wildman–Crippen LogP) is 4.52. The van der Waals surface area contributed by atoms with Crippen molar-refractivity contribution in [1.82, 2.24) is 5.32 Å². The zero-order chi connectivity index (χ0) is 14.8. The highest BCUT2D eigenvalue weighted by atomic mass is 32.2. The van der Waals surface area contributed by atoms with Crippen molar-refractivity contribution in [2.45, 2.75) is 39.7 Å². The fraction of sp³-hybridized carbons (Fsp3) is 0.647. The second-order valence-electron chi connectivity index (χ2n) is 5.51. The third-order valence-corrected chi connectivity index (χ3v) is 4.37. The highest BCUT2D eigenvalue weighted by Gasteiger charge is 2.15. The Morgan fingerprint density at radius 3 is 2.65 bits per heavy atom. The van der Waals surface area contributed by atoms with Gasteiger partial charge in [0.1, 0.15) is 5.75 Å². The first-order valence-corrected chi connectivity index (χ1v) is 8.78. The molecule has 1 aromatic carbocycles. The maximum atomic E-state index is 5.50. The standard InChI is InChI=1S/C17H29NOS/c1-5-11-18-16(13-20-12-10-14(2)3)15-8-6-7-9-17(15)19-4/h6-9,14,16,18H,5,10-13H2,1-4H3. The van der Waals surface area contributed by atoms with Gasteiger partial charge in [0.2, 0.25) is 0 Å². The van der Waals surface area contributed by atoms with Gasteiger partial charge in [-0.3, -0.25) is 0 Å². The number of methoxy groups -OCH3 is 1. The van der Waals surface area contributed by atoms with Gasteiger partial charge in [-0.05, 0) is 37.1 Å². The Kier molecular flexibility index (Phi) is 8.79. The number of ether oxygens (including phenoxy) is 1. The number of hydrogen-bond acceptors (Lipinski definition) is 3. The summed E-state index contributed by atoms with van der Waals surface area (Å²) in [5.74, 6) is 4.12. The molecule has 114 valence electrons. The van der Waals surface area contributed by atoms with E-state index < -0.39 is 0 Å². The van der Waals surface area contributed by atoms with Crippen molar-refractivity contribution in [2.75, 3.05) is 25.2 Å². The Balaban J connectivity index is 2.62. The number of para-hydroxylation sites is 1. The van der Waals surface area contributed by atoms with Crippen LogP contribution in [-0.2, 0) is 0 Å². The van der Waals surface area contributed by atoms with Crippen molar-refractivity contribution in [1.29, 1.82) is 0 Å². The molecule has 1 rings (SSSR count). The van der Waals surface area contributed by atoms with Crippen LogP contribution >= 0.6 is 11.8 Å². The maximum absolute atomic E-state index is 5.50. The molecule has 1 aromatic rings. The lowest BCUT2D eigenvalue weighted by Crippen LogP contribution is -2.24. The monoisotopic (exact) mass is 295 g/mol. The molecule has 0 aromatic heterocycles. The summed E-state index contributed by atoms with van der Waals surface area (Å²) in [5.41, 5.74) is 1.28. The molecule has 0 aliphatic carbocycles. The van der Waals surface area contributed by atoms with Gasteiger partial charge in [-0.25, -0.2) is 0 Å². The molecule has 0 saturated heterocycles. The second kappa shape index (κ2) is 10.1. The highest BCUT2D eigenvalue weighted by Crippen LogP contribution is 2.27. The van der Waals surface area contributed by atoms with Crippen LogP contribution in [0.3, 0.4) is 0 Å². The molecule has 0 aliphatic rings. The Bertz CT molecular complexity index is 368. The summed E-state index contributed by atoms with van der Waals surface area (Å²) in [6, 6.07) is 8.73. The van der Waals surface area contributed by atoms with Gasteiger partial charge < -0.3 is 10.1 Å². The van der Waals surface area contributed by atoms with Crippen LogP contribution in [0.4, 0.5) is 0 Å². The molecule has 20 heavy (non-hydrogen) atoms. The quantitative estimate of drug-likeness (QED) is 0.641. The summed E-state index contributed by atoms with van der Waals surface area (Å²) in [6.45, 7) is 7.83. The van der Waals surface area contributed by atoms with E-state index in [9.17, 15) is 0 Å². The lowest BCUT2D eigenvalue weighted by molar-refractivity contribution is 0.402. The summed E-state index contributed by atoms with van der Waals surface area (Å²) >= 11 is 2.04. The molecule has 0 saturated carbocycles. The molecule has 1 unspecified atom stereocenters. The van der Waals surface area contributed by atoms with Gasteiger partial charge in [-0.15, -0.1) is 0 Å². The van der Waals surface area contributed by atoms with E-state index in [2.05, 4.69) is 44.3 Å². The minimum atomic E-state index is 0.378. The summed E-state index contributed by atoms with van der Waals surface area (Å²) in [6.07, 6.45) is 2.44. The lowest BCUT2D eigenvalue weighted by Gasteiger charge is -2.21. The molecule has 0 aliphatic heterocycles. The fourth-order valence-corrected chi connectivity index (χ4v) is 3.39. The third-order valence-electron chi connectivity index (χ3n) is 3.28. The molecule has 0 bridgehead atoms. The largest absolute Gasteiger partial charge is 0.496 e. The van der Waals surface area contributed by atoms with E-state index in [-0.39, 0.29) is 0 Å². The van der Waals surface area contributed by atoms with E-state index >= 15 is 0 Å². The minimum Gasteiger partial charge on any atom is -0.496 e. The maximum Gasteiger partial charge on any atom is 0.123 e. The number of benzene rings is 1. The van der Waals surface area contributed by atoms with Crippen molar-refractivity contribution >= 4 is 11.8 Å². The SMILES string of the molecule is CCCNC(CSCCC(C)C)c1ccccc1OC. The van der Waals surface area contributed by atoms with Gasteiger partial charge in [0, 0.05) is 17.4 Å². The average molecular weight is 295 g/mol. The van der Waals surface area contributed by atoms with E-state index in [4.69, 9.17) is 4.74 Å². The fourth-order valence-electron chi connectivity index (χ4n) is 2.05. The molecule has 0 spiro atoms. The van der Waals surface area contributed by atoms with Crippen molar-refractivity contribution in [3.05, 3.63) is 29.8 Å². The van der Waals surface area contributed by atoms with Gasteiger partial charge >= 0.3 is 0 Å². The first-order valence-electron chi connectivity index (χ1n) is 7.63. The van der Waals surface area contributed by atoms with E-state index in [0.29, 0.717) is 6.04 Å². The Labute approximate surface area is 128 Å². The number of rotatable bonds is 10. The average Bonchev–Trinajstić information content (AvgIpc) is 2.46. The van der Waals surface area contributed by atoms with E-state index in [0.717, 1.165) is 30.4 Å². The van der Waals surface area contributed by atoms with Crippen LogP contribution in [0.15, 0.2) is 24.3 Å². The van der Waals surface area contributed by atoms with Gasteiger partial charge in [-0.1, -0.05) is 39.0 Å². The first-order chi connectivity index (χ1) is 9.69. The Morgan fingerprint density at radius 1 is 1.25 bits per heavy atom. The van der Waals surface area contributed by atoms with Crippen LogP contribution in [0.5, 0.6) is 5.75 Å².